The molecule has 0 aromatic carbocycles. The number of halogens is 1. The van der Waals surface area contributed by atoms with E-state index in [-0.39, 0.29) is 10.4 Å². The summed E-state index contributed by atoms with van der Waals surface area (Å²) in [4.78, 5) is 7.89. The normalized spacial score (nSPS) is 31.6. The summed E-state index contributed by atoms with van der Waals surface area (Å²) >= 11 is 3.30. The molecule has 106 valence electrons. The summed E-state index contributed by atoms with van der Waals surface area (Å²) in [5, 5.41) is 0. The van der Waals surface area contributed by atoms with Crippen LogP contribution in [0.2, 0.25) is 0 Å². The lowest BCUT2D eigenvalue weighted by Gasteiger charge is -2.39. The van der Waals surface area contributed by atoms with Crippen molar-refractivity contribution in [1.82, 2.24) is 9.71 Å². The lowest BCUT2D eigenvalue weighted by atomic mass is 9.72. The maximum Gasteiger partial charge on any atom is 0.242 e. The molecule has 0 radical (unpaired) electrons. The zero-order valence-electron chi connectivity index (χ0n) is 11.0. The Hall–Kier alpha value is -0.970. The van der Waals surface area contributed by atoms with Crippen LogP contribution in [0.1, 0.15) is 31.4 Å². The van der Waals surface area contributed by atoms with Crippen LogP contribution in [-0.2, 0) is 10.0 Å². The third-order valence-corrected chi connectivity index (χ3v) is 6.65. The Kier molecular flexibility index (Phi) is 2.98. The molecular formula is C13H14BrN3O2S. The second-order valence-electron chi connectivity index (χ2n) is 5.81. The zero-order valence-corrected chi connectivity index (χ0v) is 13.4. The van der Waals surface area contributed by atoms with Gasteiger partial charge in [0.05, 0.1) is 5.69 Å². The molecule has 2 bridgehead atoms. The van der Waals surface area contributed by atoms with Gasteiger partial charge in [-0.05, 0) is 35.3 Å². The maximum atomic E-state index is 12.4. The lowest BCUT2D eigenvalue weighted by molar-refractivity contribution is 0.218. The van der Waals surface area contributed by atoms with Crippen molar-refractivity contribution in [3.63, 3.8) is 0 Å². The minimum Gasteiger partial charge on any atom is -0.310 e. The highest BCUT2D eigenvalue weighted by Gasteiger charge is 2.67. The number of rotatable bonds is 3. The number of aromatic nitrogens is 1. The Morgan fingerprint density at radius 3 is 2.70 bits per heavy atom. The van der Waals surface area contributed by atoms with Crippen molar-refractivity contribution in [2.75, 3.05) is 0 Å². The minimum absolute atomic E-state index is 0.163. The van der Waals surface area contributed by atoms with Gasteiger partial charge >= 0.3 is 0 Å². The number of hydrogen-bond acceptors (Lipinski definition) is 3. The van der Waals surface area contributed by atoms with Gasteiger partial charge in [-0.2, -0.15) is 0 Å². The highest BCUT2D eigenvalue weighted by molar-refractivity contribution is 9.10. The van der Waals surface area contributed by atoms with Crippen molar-refractivity contribution in [1.29, 1.82) is 0 Å². The van der Waals surface area contributed by atoms with Crippen LogP contribution in [0.25, 0.3) is 4.85 Å². The Labute approximate surface area is 126 Å². The summed E-state index contributed by atoms with van der Waals surface area (Å²) in [7, 11) is -3.58. The lowest BCUT2D eigenvalue weighted by Crippen LogP contribution is -2.57. The largest absolute Gasteiger partial charge is 0.310 e. The van der Waals surface area contributed by atoms with Crippen LogP contribution in [0.5, 0.6) is 0 Å². The summed E-state index contributed by atoms with van der Waals surface area (Å²) in [6.45, 7) is 9.00. The van der Waals surface area contributed by atoms with E-state index in [0.29, 0.717) is 17.3 Å². The standard InChI is InChI=1S/C13H14BrN3O2S/c1-9-11(14)5-10(6-16-9)20(18,19)17-13-4-3-12(7-13,8-13)15-2/h5-6,17H,3-4,7-8H2,1H3. The van der Waals surface area contributed by atoms with Crippen LogP contribution < -0.4 is 4.72 Å². The van der Waals surface area contributed by atoms with Crippen LogP contribution in [0.4, 0.5) is 0 Å². The third kappa shape index (κ3) is 2.07. The average molecular weight is 356 g/mol. The molecule has 1 N–H and O–H groups in total. The van der Waals surface area contributed by atoms with Gasteiger partial charge in [0, 0.05) is 35.5 Å². The molecule has 20 heavy (non-hydrogen) atoms. The first-order chi connectivity index (χ1) is 9.30. The summed E-state index contributed by atoms with van der Waals surface area (Å²) in [6.07, 6.45) is 4.16. The SMILES string of the molecule is [C-]#[N+]C12CCC(NS(=O)(=O)c3cnc(C)c(Br)c3)(C1)C2. The van der Waals surface area contributed by atoms with E-state index in [1.807, 2.05) is 0 Å². The number of aryl methyl sites for hydroxylation is 1. The quantitative estimate of drug-likeness (QED) is 0.846. The van der Waals surface area contributed by atoms with Crippen molar-refractivity contribution in [3.8, 4) is 0 Å². The molecule has 3 saturated carbocycles. The molecule has 4 rings (SSSR count). The molecule has 1 aromatic rings. The molecule has 1 aromatic heterocycles. The van der Waals surface area contributed by atoms with Crippen molar-refractivity contribution in [3.05, 3.63) is 33.8 Å². The van der Waals surface area contributed by atoms with Crippen LogP contribution >= 0.6 is 15.9 Å². The zero-order chi connectivity index (χ0) is 14.6. The summed E-state index contributed by atoms with van der Waals surface area (Å²) in [6, 6.07) is 1.57. The van der Waals surface area contributed by atoms with E-state index in [1.165, 1.54) is 6.20 Å². The molecule has 1 heterocycles. The van der Waals surface area contributed by atoms with Crippen LogP contribution in [0, 0.1) is 13.5 Å². The van der Waals surface area contributed by atoms with E-state index >= 15 is 0 Å². The fraction of sp³-hybridized carbons (Fsp3) is 0.538. The van der Waals surface area contributed by atoms with Crippen molar-refractivity contribution >= 4 is 26.0 Å². The van der Waals surface area contributed by atoms with Crippen molar-refractivity contribution < 1.29 is 8.42 Å². The fourth-order valence-electron chi connectivity index (χ4n) is 3.27. The first-order valence-electron chi connectivity index (χ1n) is 6.35. The molecule has 0 spiro atoms. The Morgan fingerprint density at radius 1 is 1.45 bits per heavy atom. The number of sulfonamides is 1. The number of nitrogens with zero attached hydrogens (tertiary/aromatic N) is 2. The van der Waals surface area contributed by atoms with Gasteiger partial charge < -0.3 is 4.85 Å². The van der Waals surface area contributed by atoms with Crippen molar-refractivity contribution in [2.24, 2.45) is 0 Å². The first-order valence-corrected chi connectivity index (χ1v) is 8.62. The number of nitrogens with one attached hydrogen (secondary N) is 1. The highest BCUT2D eigenvalue weighted by atomic mass is 79.9. The van der Waals surface area contributed by atoms with E-state index in [1.54, 1.807) is 13.0 Å². The highest BCUT2D eigenvalue weighted by Crippen LogP contribution is 2.57. The summed E-state index contributed by atoms with van der Waals surface area (Å²) < 4.78 is 28.3. The molecule has 3 aliphatic rings. The van der Waals surface area contributed by atoms with Gasteiger partial charge in [-0.25, -0.2) is 19.7 Å². The molecular weight excluding hydrogens is 342 g/mol. The second-order valence-corrected chi connectivity index (χ2v) is 8.35. The molecule has 0 saturated heterocycles. The monoisotopic (exact) mass is 355 g/mol. The number of fused-ring (bicyclic) bond motifs is 1. The molecule has 3 aliphatic carbocycles. The molecule has 0 atom stereocenters. The topological polar surface area (TPSA) is 63.4 Å². The van der Waals surface area contributed by atoms with Gasteiger partial charge in [0.1, 0.15) is 4.90 Å². The summed E-state index contributed by atoms with van der Waals surface area (Å²) in [5.74, 6) is 0. The van der Waals surface area contributed by atoms with E-state index in [4.69, 9.17) is 6.57 Å². The fourth-order valence-corrected chi connectivity index (χ4v) is 5.17. The van der Waals surface area contributed by atoms with Crippen molar-refractivity contribution in [2.45, 2.75) is 48.6 Å². The van der Waals surface area contributed by atoms with E-state index < -0.39 is 15.6 Å². The molecule has 0 unspecified atom stereocenters. The van der Waals surface area contributed by atoms with Crippen LogP contribution in [0.15, 0.2) is 21.6 Å². The molecule has 0 amide bonds. The summed E-state index contributed by atoms with van der Waals surface area (Å²) in [5.41, 5.74) is 0.0219. The van der Waals surface area contributed by atoms with E-state index in [0.717, 1.165) is 18.5 Å². The second kappa shape index (κ2) is 4.26. The Bertz CT molecular complexity index is 718. The predicted octanol–water partition coefficient (Wildman–Crippen LogP) is 2.42. The Balaban J connectivity index is 1.84. The van der Waals surface area contributed by atoms with E-state index in [2.05, 4.69) is 30.5 Å². The molecule has 3 fully saturated rings. The smallest absolute Gasteiger partial charge is 0.242 e. The molecule has 7 heteroatoms. The third-order valence-electron chi connectivity index (χ3n) is 4.30. The number of pyridine rings is 1. The van der Waals surface area contributed by atoms with E-state index in [9.17, 15) is 8.42 Å². The average Bonchev–Trinajstić information content (AvgIpc) is 2.87. The van der Waals surface area contributed by atoms with Gasteiger partial charge in [-0.3, -0.25) is 4.98 Å². The number of hydrogen-bond donors (Lipinski definition) is 1. The minimum atomic E-state index is -3.58. The van der Waals surface area contributed by atoms with Crippen LogP contribution in [-0.4, -0.2) is 24.5 Å². The molecule has 0 aliphatic heterocycles. The van der Waals surface area contributed by atoms with Gasteiger partial charge in [0.2, 0.25) is 15.6 Å². The van der Waals surface area contributed by atoms with Gasteiger partial charge in [-0.15, -0.1) is 0 Å². The Morgan fingerprint density at radius 2 is 2.15 bits per heavy atom. The van der Waals surface area contributed by atoms with Gasteiger partial charge in [0.25, 0.3) is 0 Å². The first kappa shape index (κ1) is 14.0. The van der Waals surface area contributed by atoms with Gasteiger partial charge in [0.15, 0.2) is 0 Å². The predicted molar refractivity (Wildman–Crippen MR) is 77.5 cm³/mol. The van der Waals surface area contributed by atoms with Crippen LogP contribution in [0.3, 0.4) is 0 Å². The maximum absolute atomic E-state index is 12.4. The molecule has 5 nitrogen and oxygen atoms in total. The van der Waals surface area contributed by atoms with Gasteiger partial charge in [-0.1, -0.05) is 0 Å².